The molecule has 0 bridgehead atoms. The van der Waals surface area contributed by atoms with Gasteiger partial charge in [0.2, 0.25) is 0 Å². The van der Waals surface area contributed by atoms with E-state index in [9.17, 15) is 132 Å². The second-order valence-corrected chi connectivity index (χ2v) is 10.3. The van der Waals surface area contributed by atoms with E-state index in [4.69, 9.17) is 4.55 Å². The van der Waals surface area contributed by atoms with E-state index in [1.807, 2.05) is 9.47 Å². The predicted molar refractivity (Wildman–Crippen MR) is 93.7 cm³/mol. The normalized spacial score (nSPS) is 16.6. The van der Waals surface area contributed by atoms with Gasteiger partial charge >= 0.3 is 83.9 Å². The summed E-state index contributed by atoms with van der Waals surface area (Å²) in [4.78, 5) is 22.8. The van der Waals surface area contributed by atoms with E-state index in [0.29, 0.717) is 0 Å². The van der Waals surface area contributed by atoms with Crippen molar-refractivity contribution in [2.24, 2.45) is 0 Å². The summed E-state index contributed by atoms with van der Waals surface area (Å²) >= 11 is 0. The zero-order chi connectivity index (χ0) is 41.4. The molecule has 0 aliphatic rings. The van der Waals surface area contributed by atoms with E-state index in [1.54, 1.807) is 0 Å². The molecule has 0 radical (unpaired) electrons. The Bertz CT molecular complexity index is 1390. The van der Waals surface area contributed by atoms with Crippen molar-refractivity contribution in [1.29, 1.82) is 0 Å². The van der Waals surface area contributed by atoms with Gasteiger partial charge in [-0.2, -0.15) is 123 Å². The number of esters is 2. The second-order valence-electron chi connectivity index (χ2n) is 8.73. The molecule has 50 heavy (non-hydrogen) atoms. The maximum absolute atomic E-state index is 13.7. The van der Waals surface area contributed by atoms with Gasteiger partial charge in [-0.25, -0.2) is 0 Å². The van der Waals surface area contributed by atoms with Gasteiger partial charge in [0, 0.05) is 0 Å². The highest BCUT2D eigenvalue weighted by Crippen LogP contribution is 2.62. The van der Waals surface area contributed by atoms with Gasteiger partial charge in [-0.15, -0.1) is 0 Å². The van der Waals surface area contributed by atoms with E-state index < -0.39 is 106 Å². The lowest BCUT2D eigenvalue weighted by molar-refractivity contribution is -0.460. The maximum Gasteiger partial charge on any atom is 0.473 e. The number of carbonyl (C=O) groups excluding carboxylic acids is 2. The van der Waals surface area contributed by atoms with Crippen molar-refractivity contribution < 1.29 is 146 Å². The summed E-state index contributed by atoms with van der Waals surface area (Å²) in [6.07, 6.45) is -35.6. The van der Waals surface area contributed by atoms with Crippen LogP contribution in [0.25, 0.3) is 0 Å². The van der Waals surface area contributed by atoms with Gasteiger partial charge in [-0.3, -0.25) is 14.1 Å². The van der Waals surface area contributed by atoms with E-state index in [-0.39, 0.29) is 0 Å². The molecule has 0 amide bonds. The van der Waals surface area contributed by atoms with Crippen LogP contribution in [0.5, 0.6) is 0 Å². The lowest BCUT2D eigenvalue weighted by atomic mass is 9.97. The standard InChI is InChI=1S/C16H4F26O7S/c17-5(18,9(25,26)13(33,34)35)7(21,22)11(29,30)15(39,40)48-3(43)1-2(50(45,46)47)4(44)49-16(41,42)12(31,32)8(23,24)6(19,20)10(27,28)14(36,37)38/h2H,1H2,(H,45,46,47). The molecule has 298 valence electrons. The minimum atomic E-state index is -8.79. The third kappa shape index (κ3) is 7.08. The lowest BCUT2D eigenvalue weighted by Gasteiger charge is -2.39. The zero-order valence-electron chi connectivity index (χ0n) is 21.4. The first-order chi connectivity index (χ1) is 21.1. The fourth-order valence-corrected chi connectivity index (χ4v) is 3.11. The van der Waals surface area contributed by atoms with Crippen molar-refractivity contribution >= 4 is 22.1 Å². The summed E-state index contributed by atoms with van der Waals surface area (Å²) < 4.78 is 373. The molecular weight excluding hydrogens is 830 g/mol. The fourth-order valence-electron chi connectivity index (χ4n) is 2.48. The summed E-state index contributed by atoms with van der Waals surface area (Å²) in [6, 6.07) is 0. The number of rotatable bonds is 14. The highest BCUT2D eigenvalue weighted by molar-refractivity contribution is 7.87. The summed E-state index contributed by atoms with van der Waals surface area (Å²) in [7, 11) is -7.14. The van der Waals surface area contributed by atoms with Crippen LogP contribution in [0.1, 0.15) is 6.42 Å². The monoisotopic (exact) mass is 834 g/mol. The molecule has 1 atom stereocenters. The van der Waals surface area contributed by atoms with E-state index >= 15 is 0 Å². The molecule has 0 aromatic rings. The Morgan fingerprint density at radius 3 is 0.920 bits per heavy atom. The maximum atomic E-state index is 13.7. The fraction of sp³-hybridized carbons (Fsp3) is 0.875. The molecule has 0 spiro atoms. The van der Waals surface area contributed by atoms with Crippen LogP contribution in [0.3, 0.4) is 0 Å². The topological polar surface area (TPSA) is 107 Å². The third-order valence-electron chi connectivity index (χ3n) is 5.25. The first-order valence-electron chi connectivity index (χ1n) is 10.4. The Morgan fingerprint density at radius 2 is 0.680 bits per heavy atom. The van der Waals surface area contributed by atoms with Gasteiger partial charge in [0.1, 0.15) is 0 Å². The Morgan fingerprint density at radius 1 is 0.440 bits per heavy atom. The number of hydrogen-bond acceptors (Lipinski definition) is 6. The highest BCUT2D eigenvalue weighted by Gasteiger charge is 2.93. The number of alkyl halides is 26. The number of carbonyl (C=O) groups is 2. The van der Waals surface area contributed by atoms with Crippen LogP contribution < -0.4 is 0 Å². The van der Waals surface area contributed by atoms with Crippen molar-refractivity contribution in [3.05, 3.63) is 0 Å². The van der Waals surface area contributed by atoms with Crippen LogP contribution in [-0.2, 0) is 29.2 Å². The minimum absolute atomic E-state index is 1.88. The Hall–Kier alpha value is -2.97. The number of ether oxygens (including phenoxy) is 2. The second kappa shape index (κ2) is 12.3. The largest absolute Gasteiger partial charge is 0.473 e. The minimum Gasteiger partial charge on any atom is -0.396 e. The summed E-state index contributed by atoms with van der Waals surface area (Å²) in [5.41, 5.74) is 0. The van der Waals surface area contributed by atoms with Crippen LogP contribution in [0.2, 0.25) is 0 Å². The molecule has 0 saturated heterocycles. The van der Waals surface area contributed by atoms with Gasteiger partial charge < -0.3 is 9.47 Å². The molecule has 0 saturated carbocycles. The molecule has 34 heteroatoms. The smallest absolute Gasteiger partial charge is 0.396 e. The van der Waals surface area contributed by atoms with Crippen LogP contribution in [0.4, 0.5) is 114 Å². The molecule has 0 aliphatic carbocycles. The van der Waals surface area contributed by atoms with E-state index in [2.05, 4.69) is 0 Å². The third-order valence-corrected chi connectivity index (χ3v) is 6.33. The van der Waals surface area contributed by atoms with Crippen LogP contribution in [0.15, 0.2) is 0 Å². The molecule has 1 N–H and O–H groups in total. The molecule has 1 unspecified atom stereocenters. The number of hydrogen-bond donors (Lipinski definition) is 1. The van der Waals surface area contributed by atoms with Gasteiger partial charge in [-0.05, 0) is 0 Å². The van der Waals surface area contributed by atoms with Gasteiger partial charge in [0.15, 0.2) is 5.25 Å². The predicted octanol–water partition coefficient (Wildman–Crippen LogP) is 7.11. The number of halogens is 26. The average molecular weight is 834 g/mol. The van der Waals surface area contributed by atoms with Crippen molar-refractivity contribution in [3.8, 4) is 0 Å². The van der Waals surface area contributed by atoms with Crippen LogP contribution in [0, 0.1) is 0 Å². The van der Waals surface area contributed by atoms with Crippen molar-refractivity contribution in [1.82, 2.24) is 0 Å². The van der Waals surface area contributed by atoms with Gasteiger partial charge in [0.05, 0.1) is 6.42 Å². The van der Waals surface area contributed by atoms with E-state index in [1.165, 1.54) is 0 Å². The van der Waals surface area contributed by atoms with Gasteiger partial charge in [0.25, 0.3) is 10.1 Å². The quantitative estimate of drug-likeness (QED) is 0.113. The first-order valence-corrected chi connectivity index (χ1v) is 11.9. The van der Waals surface area contributed by atoms with Gasteiger partial charge in [-0.1, -0.05) is 0 Å². The summed E-state index contributed by atoms with van der Waals surface area (Å²) in [6.45, 7) is 0. The Labute approximate surface area is 253 Å². The summed E-state index contributed by atoms with van der Waals surface area (Å²) in [5, 5.41) is -4.90. The highest BCUT2D eigenvalue weighted by atomic mass is 32.2. The van der Waals surface area contributed by atoms with Crippen molar-refractivity contribution in [3.63, 3.8) is 0 Å². The van der Waals surface area contributed by atoms with Crippen molar-refractivity contribution in [2.45, 2.75) is 83.6 Å². The molecule has 0 aromatic carbocycles. The van der Waals surface area contributed by atoms with Crippen molar-refractivity contribution in [2.75, 3.05) is 0 Å². The molecule has 0 rings (SSSR count). The lowest BCUT2D eigenvalue weighted by Crippen LogP contribution is -2.70. The zero-order valence-corrected chi connectivity index (χ0v) is 22.2. The van der Waals surface area contributed by atoms with E-state index in [0.717, 1.165) is 0 Å². The molecule has 0 aromatic heterocycles. The van der Waals surface area contributed by atoms with Crippen LogP contribution >= 0.6 is 0 Å². The SMILES string of the molecule is O=C(CC(C(=O)OC(F)(F)C(F)(F)C(F)(F)C(F)(F)C(F)(F)C(F)(F)F)S(=O)(=O)O)OC(F)(F)C(F)(F)C(F)(F)C(F)(F)C(F)(F)C(F)(F)F. The molecule has 7 nitrogen and oxygen atoms in total. The summed E-state index contributed by atoms with van der Waals surface area (Å²) in [5.74, 6) is -77.2. The average Bonchev–Trinajstić information content (AvgIpc) is 2.83. The first kappa shape index (κ1) is 47.0. The van der Waals surface area contributed by atoms with Crippen LogP contribution in [-0.4, -0.2) is 102 Å². The molecule has 0 aliphatic heterocycles. The Balaban J connectivity index is 6.67. The molecule has 0 fully saturated rings. The molecular formula is C16H4F26O7S. The molecule has 0 heterocycles. The Kier molecular flexibility index (Phi) is 11.6.